The van der Waals surface area contributed by atoms with E-state index in [0.29, 0.717) is 6.04 Å². The van der Waals surface area contributed by atoms with E-state index in [2.05, 4.69) is 5.32 Å². The number of carbonyl (C=O) groups is 1. The van der Waals surface area contributed by atoms with E-state index in [1.807, 2.05) is 30.3 Å². The molecule has 0 aliphatic heterocycles. The molecule has 0 bridgehead atoms. The van der Waals surface area contributed by atoms with E-state index in [9.17, 15) is 4.79 Å². The Morgan fingerprint density at radius 3 is 2.45 bits per heavy atom. The van der Waals surface area contributed by atoms with Crippen LogP contribution in [0.3, 0.4) is 0 Å². The summed E-state index contributed by atoms with van der Waals surface area (Å²) in [6.45, 7) is 0.264. The predicted octanol–water partition coefficient (Wildman–Crippen LogP) is 2.23. The van der Waals surface area contributed by atoms with Gasteiger partial charge in [0, 0.05) is 13.2 Å². The number of carbonyl (C=O) groups excluding carboxylic acids is 1. The summed E-state index contributed by atoms with van der Waals surface area (Å²) >= 11 is 0. The fourth-order valence-electron chi connectivity index (χ4n) is 2.98. The van der Waals surface area contributed by atoms with Gasteiger partial charge in [0.05, 0.1) is 13.7 Å². The molecule has 4 nitrogen and oxygen atoms in total. The first-order valence-corrected chi connectivity index (χ1v) is 7.13. The van der Waals surface area contributed by atoms with E-state index >= 15 is 0 Å². The Bertz CT molecular complexity index is 429. The maximum atomic E-state index is 12.4. The van der Waals surface area contributed by atoms with Crippen LogP contribution in [0.4, 0.5) is 0 Å². The van der Waals surface area contributed by atoms with Crippen LogP contribution in [0.15, 0.2) is 30.3 Å². The van der Waals surface area contributed by atoms with Crippen LogP contribution in [0.2, 0.25) is 0 Å². The molecule has 1 aliphatic rings. The van der Waals surface area contributed by atoms with Gasteiger partial charge in [-0.15, -0.1) is 0 Å². The van der Waals surface area contributed by atoms with Crippen molar-refractivity contribution in [1.29, 1.82) is 0 Å². The Morgan fingerprint density at radius 1 is 1.25 bits per heavy atom. The van der Waals surface area contributed by atoms with E-state index in [1.165, 1.54) is 20.0 Å². The van der Waals surface area contributed by atoms with Crippen LogP contribution in [-0.4, -0.2) is 32.8 Å². The van der Waals surface area contributed by atoms with Crippen LogP contribution < -0.4 is 5.32 Å². The van der Waals surface area contributed by atoms with Crippen LogP contribution in [-0.2, 0) is 19.8 Å². The molecule has 1 fully saturated rings. The molecule has 0 saturated heterocycles. The molecule has 4 heteroatoms. The van der Waals surface area contributed by atoms with Crippen molar-refractivity contribution in [3.8, 4) is 0 Å². The van der Waals surface area contributed by atoms with Gasteiger partial charge in [-0.1, -0.05) is 43.2 Å². The molecule has 20 heavy (non-hydrogen) atoms. The lowest BCUT2D eigenvalue weighted by Crippen LogP contribution is -2.56. The number of nitrogens with one attached hydrogen (secondary N) is 1. The monoisotopic (exact) mass is 277 g/mol. The molecule has 1 aromatic carbocycles. The number of benzene rings is 1. The maximum Gasteiger partial charge on any atom is 0.333 e. The summed E-state index contributed by atoms with van der Waals surface area (Å²) in [5.74, 6) is -0.294. The average Bonchev–Trinajstić information content (AvgIpc) is 2.99. The third-order valence-electron chi connectivity index (χ3n) is 3.97. The fraction of sp³-hybridized carbons (Fsp3) is 0.562. The largest absolute Gasteiger partial charge is 0.467 e. The summed E-state index contributed by atoms with van der Waals surface area (Å²) < 4.78 is 10.4. The summed E-state index contributed by atoms with van der Waals surface area (Å²) in [5, 5.41) is 3.50. The highest BCUT2D eigenvalue weighted by Crippen LogP contribution is 2.28. The highest BCUT2D eigenvalue weighted by Gasteiger charge is 2.43. The number of methoxy groups -OCH3 is 2. The molecule has 0 heterocycles. The van der Waals surface area contributed by atoms with Crippen LogP contribution in [0.1, 0.15) is 31.2 Å². The number of ether oxygens (including phenoxy) is 2. The normalized spacial score (nSPS) is 18.7. The van der Waals surface area contributed by atoms with Gasteiger partial charge in [-0.2, -0.15) is 0 Å². The third kappa shape index (κ3) is 3.02. The summed E-state index contributed by atoms with van der Waals surface area (Å²) in [6.07, 6.45) is 4.60. The highest BCUT2D eigenvalue weighted by molar-refractivity contribution is 5.83. The zero-order valence-electron chi connectivity index (χ0n) is 12.2. The number of hydrogen-bond donors (Lipinski definition) is 1. The van der Waals surface area contributed by atoms with Gasteiger partial charge < -0.3 is 9.47 Å². The zero-order valence-corrected chi connectivity index (χ0v) is 12.2. The third-order valence-corrected chi connectivity index (χ3v) is 3.97. The van der Waals surface area contributed by atoms with Gasteiger partial charge >= 0.3 is 5.97 Å². The first-order chi connectivity index (χ1) is 9.73. The van der Waals surface area contributed by atoms with Crippen molar-refractivity contribution in [2.24, 2.45) is 0 Å². The van der Waals surface area contributed by atoms with Gasteiger partial charge in [0.1, 0.15) is 0 Å². The first kappa shape index (κ1) is 15.0. The molecule has 110 valence electrons. The van der Waals surface area contributed by atoms with Crippen molar-refractivity contribution in [3.05, 3.63) is 35.9 Å². The number of rotatable bonds is 6. The fourth-order valence-corrected chi connectivity index (χ4v) is 2.98. The van der Waals surface area contributed by atoms with Gasteiger partial charge in [-0.3, -0.25) is 5.32 Å². The van der Waals surface area contributed by atoms with Crippen molar-refractivity contribution in [2.75, 3.05) is 20.8 Å². The van der Waals surface area contributed by atoms with Gasteiger partial charge in [-0.25, -0.2) is 4.79 Å². The molecular weight excluding hydrogens is 254 g/mol. The van der Waals surface area contributed by atoms with Crippen molar-refractivity contribution >= 4 is 5.97 Å². The summed E-state index contributed by atoms with van der Waals surface area (Å²) in [4.78, 5) is 12.4. The van der Waals surface area contributed by atoms with Crippen LogP contribution in [0.25, 0.3) is 0 Å². The van der Waals surface area contributed by atoms with Crippen LogP contribution in [0.5, 0.6) is 0 Å². The van der Waals surface area contributed by atoms with Crippen LogP contribution >= 0.6 is 0 Å². The van der Waals surface area contributed by atoms with Crippen LogP contribution in [0, 0.1) is 0 Å². The highest BCUT2D eigenvalue weighted by atomic mass is 16.5. The Morgan fingerprint density at radius 2 is 1.90 bits per heavy atom. The van der Waals surface area contributed by atoms with Gasteiger partial charge in [0.2, 0.25) is 0 Å². The summed E-state index contributed by atoms with van der Waals surface area (Å²) in [6, 6.07) is 10.0. The minimum atomic E-state index is -0.917. The minimum Gasteiger partial charge on any atom is -0.467 e. The van der Waals surface area contributed by atoms with E-state index in [0.717, 1.165) is 18.4 Å². The second-order valence-corrected chi connectivity index (χ2v) is 5.32. The average molecular weight is 277 g/mol. The number of esters is 1. The van der Waals surface area contributed by atoms with E-state index in [1.54, 1.807) is 7.11 Å². The molecule has 1 N–H and O–H groups in total. The van der Waals surface area contributed by atoms with Gasteiger partial charge in [0.25, 0.3) is 0 Å². The molecule has 1 aliphatic carbocycles. The molecular formula is C16H23NO3. The quantitative estimate of drug-likeness (QED) is 0.810. The molecule has 1 atom stereocenters. The molecule has 0 spiro atoms. The second kappa shape index (κ2) is 6.86. The Balaban J connectivity index is 2.35. The van der Waals surface area contributed by atoms with E-state index < -0.39 is 5.54 Å². The lowest BCUT2D eigenvalue weighted by molar-refractivity contribution is -0.152. The lowest BCUT2D eigenvalue weighted by Gasteiger charge is -2.34. The molecule has 2 rings (SSSR count). The number of hydrogen-bond acceptors (Lipinski definition) is 4. The smallest absolute Gasteiger partial charge is 0.333 e. The summed E-state index contributed by atoms with van der Waals surface area (Å²) in [7, 11) is 3.03. The Hall–Kier alpha value is -1.39. The maximum absolute atomic E-state index is 12.4. The van der Waals surface area contributed by atoms with Crippen molar-refractivity contribution in [2.45, 2.75) is 37.3 Å². The molecule has 1 aromatic rings. The second-order valence-electron chi connectivity index (χ2n) is 5.32. The molecule has 1 unspecified atom stereocenters. The lowest BCUT2D eigenvalue weighted by atomic mass is 9.89. The van der Waals surface area contributed by atoms with Gasteiger partial charge in [-0.05, 0) is 18.4 Å². The SMILES string of the molecule is COCC(NC1CCCC1)(C(=O)OC)c1ccccc1. The molecule has 1 saturated carbocycles. The van der Waals surface area contributed by atoms with Gasteiger partial charge in [0.15, 0.2) is 5.54 Å². The van der Waals surface area contributed by atoms with E-state index in [4.69, 9.17) is 9.47 Å². The predicted molar refractivity (Wildman–Crippen MR) is 77.4 cm³/mol. The Kier molecular flexibility index (Phi) is 5.15. The first-order valence-electron chi connectivity index (χ1n) is 7.13. The van der Waals surface area contributed by atoms with E-state index in [-0.39, 0.29) is 12.6 Å². The topological polar surface area (TPSA) is 47.6 Å². The summed E-state index contributed by atoms with van der Waals surface area (Å²) in [5.41, 5.74) is -0.0275. The Labute approximate surface area is 120 Å². The molecule has 0 amide bonds. The standard InChI is InChI=1S/C16H23NO3/c1-19-12-16(15(18)20-2,13-8-4-3-5-9-13)17-14-10-6-7-11-14/h3-5,8-9,14,17H,6-7,10-12H2,1-2H3. The zero-order chi connectivity index (χ0) is 14.4. The van der Waals surface area contributed by atoms with Crippen molar-refractivity contribution in [1.82, 2.24) is 5.32 Å². The molecule has 0 radical (unpaired) electrons. The molecule has 0 aromatic heterocycles. The van der Waals surface area contributed by atoms with Crippen molar-refractivity contribution in [3.63, 3.8) is 0 Å². The van der Waals surface area contributed by atoms with Crippen molar-refractivity contribution < 1.29 is 14.3 Å². The minimum absolute atomic E-state index is 0.264.